The van der Waals surface area contributed by atoms with Crippen LogP contribution in [0.25, 0.3) is 0 Å². The molecule has 1 N–H and O–H groups in total. The van der Waals surface area contributed by atoms with E-state index in [2.05, 4.69) is 21.2 Å². The summed E-state index contributed by atoms with van der Waals surface area (Å²) in [6, 6.07) is 18.3. The first-order chi connectivity index (χ1) is 13.5. The number of ketones is 1. The van der Waals surface area contributed by atoms with Crippen LogP contribution < -0.4 is 9.62 Å². The third-order valence-corrected chi connectivity index (χ3v) is 7.67. The van der Waals surface area contributed by atoms with Gasteiger partial charge in [-0.15, -0.1) is 11.3 Å². The molecular formula is C20H15BrN2O3S2. The highest BCUT2D eigenvalue weighted by atomic mass is 79.9. The summed E-state index contributed by atoms with van der Waals surface area (Å²) >= 11 is 4.65. The third-order valence-electron chi connectivity index (χ3n) is 4.31. The number of nitrogens with zero attached hydrogens (tertiary/aromatic N) is 1. The average molecular weight is 475 g/mol. The summed E-state index contributed by atoms with van der Waals surface area (Å²) in [7, 11) is -4.00. The SMILES string of the molecule is O=C1C(=CNc2ccccc2Br)S(=O)(=O)N(Cc2ccccc2)c2ccsc21. The molecular weight excluding hydrogens is 460 g/mol. The molecule has 0 saturated carbocycles. The summed E-state index contributed by atoms with van der Waals surface area (Å²) in [4.78, 5) is 13.0. The quantitative estimate of drug-likeness (QED) is 0.540. The zero-order valence-corrected chi connectivity index (χ0v) is 17.7. The summed E-state index contributed by atoms with van der Waals surface area (Å²) < 4.78 is 28.6. The van der Waals surface area contributed by atoms with Crippen LogP contribution in [-0.4, -0.2) is 14.2 Å². The minimum absolute atomic E-state index is 0.159. The van der Waals surface area contributed by atoms with Crippen molar-refractivity contribution < 1.29 is 13.2 Å². The lowest BCUT2D eigenvalue weighted by molar-refractivity contribution is 0.104. The van der Waals surface area contributed by atoms with Crippen molar-refractivity contribution >= 4 is 54.4 Å². The highest BCUT2D eigenvalue weighted by Crippen LogP contribution is 2.39. The first-order valence-electron chi connectivity index (χ1n) is 8.38. The fourth-order valence-electron chi connectivity index (χ4n) is 2.93. The van der Waals surface area contributed by atoms with Gasteiger partial charge in [-0.05, 0) is 45.1 Å². The van der Waals surface area contributed by atoms with E-state index in [1.165, 1.54) is 21.8 Å². The van der Waals surface area contributed by atoms with Crippen LogP contribution in [0.15, 0.2) is 81.6 Å². The minimum Gasteiger partial charge on any atom is -0.359 e. The number of thiophene rings is 1. The van der Waals surface area contributed by atoms with Gasteiger partial charge >= 0.3 is 0 Å². The van der Waals surface area contributed by atoms with Gasteiger partial charge in [0.1, 0.15) is 4.88 Å². The number of anilines is 2. The Morgan fingerprint density at radius 3 is 2.50 bits per heavy atom. The van der Waals surface area contributed by atoms with E-state index < -0.39 is 15.8 Å². The van der Waals surface area contributed by atoms with E-state index in [1.807, 2.05) is 48.5 Å². The number of halogens is 1. The van der Waals surface area contributed by atoms with Crippen LogP contribution in [0, 0.1) is 0 Å². The molecule has 0 aliphatic carbocycles. The lowest BCUT2D eigenvalue weighted by Crippen LogP contribution is -2.38. The zero-order chi connectivity index (χ0) is 19.7. The van der Waals surface area contributed by atoms with Crippen molar-refractivity contribution in [2.24, 2.45) is 0 Å². The number of sulfonamides is 1. The molecule has 2 heterocycles. The highest BCUT2D eigenvalue weighted by Gasteiger charge is 2.41. The van der Waals surface area contributed by atoms with Gasteiger partial charge in [-0.3, -0.25) is 9.10 Å². The molecule has 28 heavy (non-hydrogen) atoms. The molecule has 8 heteroatoms. The van der Waals surface area contributed by atoms with Gasteiger partial charge in [0, 0.05) is 10.7 Å². The molecule has 142 valence electrons. The van der Waals surface area contributed by atoms with Gasteiger partial charge in [0.05, 0.1) is 17.9 Å². The van der Waals surface area contributed by atoms with Gasteiger partial charge in [-0.2, -0.15) is 0 Å². The number of benzene rings is 2. The predicted molar refractivity (Wildman–Crippen MR) is 116 cm³/mol. The van der Waals surface area contributed by atoms with Crippen LogP contribution in [0.2, 0.25) is 0 Å². The highest BCUT2D eigenvalue weighted by molar-refractivity contribution is 9.10. The van der Waals surface area contributed by atoms with Crippen molar-refractivity contribution in [1.82, 2.24) is 0 Å². The van der Waals surface area contributed by atoms with Crippen LogP contribution in [0.3, 0.4) is 0 Å². The Labute approximate surface area is 175 Å². The summed E-state index contributed by atoms with van der Waals surface area (Å²) in [5, 5.41) is 4.68. The predicted octanol–water partition coefficient (Wildman–Crippen LogP) is 5.00. The Balaban J connectivity index is 1.77. The van der Waals surface area contributed by atoms with E-state index in [-0.39, 0.29) is 11.4 Å². The third kappa shape index (κ3) is 3.39. The molecule has 0 amide bonds. The van der Waals surface area contributed by atoms with Crippen LogP contribution in [-0.2, 0) is 16.6 Å². The van der Waals surface area contributed by atoms with Gasteiger partial charge < -0.3 is 5.32 Å². The smallest absolute Gasteiger partial charge is 0.270 e. The molecule has 1 aliphatic rings. The molecule has 2 aromatic carbocycles. The number of carbonyl (C=O) groups excluding carboxylic acids is 1. The maximum absolute atomic E-state index is 13.3. The number of hydrogen-bond donors (Lipinski definition) is 1. The number of allylic oxidation sites excluding steroid dienone is 1. The first kappa shape index (κ1) is 18.9. The molecule has 0 spiro atoms. The van der Waals surface area contributed by atoms with Crippen molar-refractivity contribution in [3.63, 3.8) is 0 Å². The summed E-state index contributed by atoms with van der Waals surface area (Å²) in [5.41, 5.74) is 1.94. The Morgan fingerprint density at radius 1 is 1.04 bits per heavy atom. The molecule has 1 aromatic heterocycles. The fourth-order valence-corrected chi connectivity index (χ4v) is 5.81. The van der Waals surface area contributed by atoms with E-state index >= 15 is 0 Å². The first-order valence-corrected chi connectivity index (χ1v) is 11.5. The van der Waals surface area contributed by atoms with E-state index in [4.69, 9.17) is 0 Å². The number of carbonyl (C=O) groups is 1. The molecule has 5 nitrogen and oxygen atoms in total. The van der Waals surface area contributed by atoms with Gasteiger partial charge in [-0.1, -0.05) is 42.5 Å². The second kappa shape index (κ2) is 7.54. The molecule has 0 fully saturated rings. The number of rotatable bonds is 4. The van der Waals surface area contributed by atoms with E-state index in [9.17, 15) is 13.2 Å². The van der Waals surface area contributed by atoms with Crippen molar-refractivity contribution in [1.29, 1.82) is 0 Å². The molecule has 0 unspecified atom stereocenters. The van der Waals surface area contributed by atoms with Crippen molar-refractivity contribution in [3.8, 4) is 0 Å². The van der Waals surface area contributed by atoms with Crippen molar-refractivity contribution in [2.45, 2.75) is 6.54 Å². The molecule has 3 aromatic rings. The van der Waals surface area contributed by atoms with E-state index in [0.29, 0.717) is 16.3 Å². The molecule has 0 bridgehead atoms. The zero-order valence-electron chi connectivity index (χ0n) is 14.5. The number of Topliss-reactive ketones (excluding diaryl/α,β-unsaturated/α-hetero) is 1. The van der Waals surface area contributed by atoms with Crippen LogP contribution in [0.4, 0.5) is 11.4 Å². The molecule has 0 atom stereocenters. The Kier molecular flexibility index (Phi) is 5.09. The van der Waals surface area contributed by atoms with Crippen LogP contribution in [0.5, 0.6) is 0 Å². The van der Waals surface area contributed by atoms with Gasteiger partial charge in [-0.25, -0.2) is 8.42 Å². The standard InChI is InChI=1S/C20H15BrN2O3S2/c21-15-8-4-5-9-16(15)22-12-18-19(24)20-17(10-11-27-20)23(28(18,25)26)13-14-6-2-1-3-7-14/h1-12,22H,13H2. The van der Waals surface area contributed by atoms with Gasteiger partial charge in [0.2, 0.25) is 5.78 Å². The molecule has 0 saturated heterocycles. The fraction of sp³-hybridized carbons (Fsp3) is 0.0500. The number of hydrogen-bond acceptors (Lipinski definition) is 5. The average Bonchev–Trinajstić information content (AvgIpc) is 3.17. The Hall–Kier alpha value is -2.42. The molecule has 4 rings (SSSR count). The van der Waals surface area contributed by atoms with Crippen molar-refractivity contribution in [2.75, 3.05) is 9.62 Å². The summed E-state index contributed by atoms with van der Waals surface area (Å²) in [6.45, 7) is 0.159. The number of nitrogens with one attached hydrogen (secondary N) is 1. The van der Waals surface area contributed by atoms with Gasteiger partial charge in [0.25, 0.3) is 10.0 Å². The second-order valence-electron chi connectivity index (χ2n) is 6.09. The summed E-state index contributed by atoms with van der Waals surface area (Å²) in [6.07, 6.45) is 1.28. The van der Waals surface area contributed by atoms with E-state index in [1.54, 1.807) is 17.5 Å². The largest absolute Gasteiger partial charge is 0.359 e. The lowest BCUT2D eigenvalue weighted by Gasteiger charge is -2.29. The normalized spacial score (nSPS) is 16.8. The lowest BCUT2D eigenvalue weighted by atomic mass is 10.2. The van der Waals surface area contributed by atoms with Crippen LogP contribution >= 0.6 is 27.3 Å². The molecule has 1 aliphatic heterocycles. The topological polar surface area (TPSA) is 66.5 Å². The molecule has 0 radical (unpaired) electrons. The maximum Gasteiger partial charge on any atom is 0.270 e. The Bertz CT molecular complexity index is 1170. The minimum atomic E-state index is -4.00. The number of fused-ring (bicyclic) bond motifs is 1. The van der Waals surface area contributed by atoms with Crippen LogP contribution in [0.1, 0.15) is 15.2 Å². The summed E-state index contributed by atoms with van der Waals surface area (Å²) in [5.74, 6) is -0.492. The van der Waals surface area contributed by atoms with Gasteiger partial charge in [0.15, 0.2) is 4.91 Å². The monoisotopic (exact) mass is 474 g/mol. The number of para-hydroxylation sites is 1. The van der Waals surface area contributed by atoms with Crippen molar-refractivity contribution in [3.05, 3.63) is 92.1 Å². The maximum atomic E-state index is 13.3. The Morgan fingerprint density at radius 2 is 1.75 bits per heavy atom. The second-order valence-corrected chi connectivity index (χ2v) is 9.70. The van der Waals surface area contributed by atoms with E-state index in [0.717, 1.165) is 10.0 Å².